The molecular formula is C70H136N2O7. The highest BCUT2D eigenvalue weighted by molar-refractivity contribution is 5.76. The summed E-state index contributed by atoms with van der Waals surface area (Å²) in [4.78, 5) is 54.6. The van der Waals surface area contributed by atoms with Gasteiger partial charge in [-0.25, -0.2) is 0 Å². The van der Waals surface area contributed by atoms with Crippen LogP contribution in [0.3, 0.4) is 0 Å². The lowest BCUT2D eigenvalue weighted by Crippen LogP contribution is -2.41. The molecule has 0 spiro atoms. The maximum absolute atomic E-state index is 14.2. The molecule has 79 heavy (non-hydrogen) atoms. The minimum atomic E-state index is -0.0248. The molecule has 1 N–H and O–H groups in total. The first-order valence-electron chi connectivity index (χ1n) is 35.1. The van der Waals surface area contributed by atoms with E-state index in [-0.39, 0.29) is 23.9 Å². The average Bonchev–Trinajstić information content (AvgIpc) is 3.45. The Balaban J connectivity index is 5.31. The largest absolute Gasteiger partial charge is 0.465 e. The maximum atomic E-state index is 14.2. The molecule has 0 saturated carbocycles. The van der Waals surface area contributed by atoms with E-state index in [1.807, 2.05) is 7.05 Å². The Kier molecular flexibility index (Phi) is 58.8. The van der Waals surface area contributed by atoms with Crippen LogP contribution in [0.25, 0.3) is 0 Å². The van der Waals surface area contributed by atoms with Crippen LogP contribution < -0.4 is 5.32 Å². The second-order valence-electron chi connectivity index (χ2n) is 24.6. The molecule has 0 rings (SSSR count). The van der Waals surface area contributed by atoms with E-state index in [0.717, 1.165) is 148 Å². The molecule has 0 aliphatic rings. The van der Waals surface area contributed by atoms with E-state index in [2.05, 4.69) is 51.8 Å². The molecule has 3 atom stereocenters. The van der Waals surface area contributed by atoms with Gasteiger partial charge in [-0.2, -0.15) is 0 Å². The quantitative estimate of drug-likeness (QED) is 0.0364. The number of hydrogen-bond donors (Lipinski definition) is 1. The molecule has 9 nitrogen and oxygen atoms in total. The molecule has 3 unspecified atom stereocenters. The lowest BCUT2D eigenvalue weighted by Gasteiger charge is -2.33. The Morgan fingerprint density at radius 2 is 0.595 bits per heavy atom. The van der Waals surface area contributed by atoms with Gasteiger partial charge in [0.15, 0.2) is 0 Å². The van der Waals surface area contributed by atoms with Crippen molar-refractivity contribution in [3.63, 3.8) is 0 Å². The summed E-state index contributed by atoms with van der Waals surface area (Å²) in [5.41, 5.74) is 0. The molecule has 0 aromatic heterocycles. The molecule has 0 saturated heterocycles. The number of carbonyl (C=O) groups is 4. The average molecular weight is 1120 g/mol. The molecule has 0 aliphatic heterocycles. The molecule has 0 fully saturated rings. The number of nitrogens with one attached hydrogen (secondary N) is 1. The summed E-state index contributed by atoms with van der Waals surface area (Å²) < 4.78 is 17.4. The second-order valence-corrected chi connectivity index (χ2v) is 24.6. The van der Waals surface area contributed by atoms with E-state index in [4.69, 9.17) is 14.2 Å². The van der Waals surface area contributed by atoms with Crippen molar-refractivity contribution in [1.29, 1.82) is 0 Å². The fraction of sp³-hybridized carbons (Fsp3) is 0.943. The molecule has 0 radical (unpaired) electrons. The number of carbonyl (C=O) groups excluding carboxylic acids is 4. The summed E-state index contributed by atoms with van der Waals surface area (Å²) in [6, 6.07) is 0.269. The van der Waals surface area contributed by atoms with Crippen LogP contribution in [0.1, 0.15) is 363 Å². The van der Waals surface area contributed by atoms with Gasteiger partial charge in [-0.1, -0.05) is 247 Å². The second kappa shape index (κ2) is 60.4. The first-order valence-corrected chi connectivity index (χ1v) is 35.1. The van der Waals surface area contributed by atoms with Gasteiger partial charge in [0.1, 0.15) is 0 Å². The Hall–Kier alpha value is -2.16. The highest BCUT2D eigenvalue weighted by Gasteiger charge is 2.23. The van der Waals surface area contributed by atoms with Crippen LogP contribution in [-0.4, -0.2) is 74.7 Å². The van der Waals surface area contributed by atoms with Crippen LogP contribution in [0.5, 0.6) is 0 Å². The van der Waals surface area contributed by atoms with Crippen LogP contribution in [-0.2, 0) is 33.4 Å². The Labute approximate surface area is 491 Å². The lowest BCUT2D eigenvalue weighted by molar-refractivity contribution is -0.146. The number of nitrogens with zero attached hydrogens (tertiary/aromatic N) is 1. The third kappa shape index (κ3) is 51.2. The SMILES string of the molecule is CCCCCCC(CCCC)COC(=O)CCCCCCCCC(CCCCCCCCC(=O)OCC(CCCC)CCCCCC)N(CCCCCCCCC(=O)OCC(CCCC)CCCCCC)C(=O)CCCCNC. The summed E-state index contributed by atoms with van der Waals surface area (Å²) in [5, 5.41) is 3.26. The zero-order valence-electron chi connectivity index (χ0n) is 54.0. The third-order valence-corrected chi connectivity index (χ3v) is 16.9. The number of ether oxygens (including phenoxy) is 3. The highest BCUT2D eigenvalue weighted by atomic mass is 16.5. The monoisotopic (exact) mass is 1120 g/mol. The van der Waals surface area contributed by atoms with Gasteiger partial charge in [-0.3, -0.25) is 19.2 Å². The molecule has 0 heterocycles. The lowest BCUT2D eigenvalue weighted by atomic mass is 9.96. The van der Waals surface area contributed by atoms with E-state index >= 15 is 0 Å². The van der Waals surface area contributed by atoms with Gasteiger partial charge in [0.05, 0.1) is 19.8 Å². The van der Waals surface area contributed by atoms with Gasteiger partial charge in [0.2, 0.25) is 5.91 Å². The van der Waals surface area contributed by atoms with Crippen molar-refractivity contribution in [1.82, 2.24) is 10.2 Å². The number of amides is 1. The topological polar surface area (TPSA) is 111 Å². The Bertz CT molecular complexity index is 1270. The Morgan fingerprint density at radius 1 is 0.316 bits per heavy atom. The van der Waals surface area contributed by atoms with Crippen molar-refractivity contribution in [2.45, 2.75) is 369 Å². The molecule has 0 aromatic carbocycles. The fourth-order valence-corrected chi connectivity index (χ4v) is 11.5. The van der Waals surface area contributed by atoms with E-state index in [0.29, 0.717) is 69.2 Å². The number of hydrogen-bond acceptors (Lipinski definition) is 8. The van der Waals surface area contributed by atoms with Crippen LogP contribution in [0.4, 0.5) is 0 Å². The van der Waals surface area contributed by atoms with E-state index < -0.39 is 0 Å². The Morgan fingerprint density at radius 3 is 0.937 bits per heavy atom. The van der Waals surface area contributed by atoms with Gasteiger partial charge in [0.25, 0.3) is 0 Å². The smallest absolute Gasteiger partial charge is 0.305 e. The van der Waals surface area contributed by atoms with E-state index in [1.165, 1.54) is 161 Å². The summed E-state index contributed by atoms with van der Waals surface area (Å²) in [7, 11) is 1.99. The fourth-order valence-electron chi connectivity index (χ4n) is 11.5. The molecule has 468 valence electrons. The van der Waals surface area contributed by atoms with Crippen LogP contribution >= 0.6 is 0 Å². The molecular weight excluding hydrogens is 981 g/mol. The van der Waals surface area contributed by atoms with Crippen LogP contribution in [0.15, 0.2) is 0 Å². The minimum absolute atomic E-state index is 0.0187. The standard InChI is InChI=1S/C70H136N2O7/c1-8-14-20-35-49-63(46-17-11-4)60-77-68(74)55-40-31-25-23-29-38-52-66(53-39-30-24-26-32-41-56-69(75)78-61-64(47-18-12-5)50-36-21-15-9-2)72(67(73)54-43-44-58-71-7)59-45-34-28-27-33-42-57-70(76)79-62-65(48-19-13-6)51-37-22-16-10-3/h63-66,71H,8-62H2,1-7H3. The molecule has 0 aromatic rings. The molecule has 1 amide bonds. The number of esters is 3. The van der Waals surface area contributed by atoms with Crippen LogP contribution in [0, 0.1) is 17.8 Å². The molecule has 0 bridgehead atoms. The van der Waals surface area contributed by atoms with E-state index in [9.17, 15) is 19.2 Å². The van der Waals surface area contributed by atoms with Gasteiger partial charge in [-0.05, 0) is 121 Å². The van der Waals surface area contributed by atoms with Crippen molar-refractivity contribution in [3.8, 4) is 0 Å². The van der Waals surface area contributed by atoms with Crippen molar-refractivity contribution in [2.75, 3.05) is 40.0 Å². The first kappa shape index (κ1) is 76.8. The zero-order chi connectivity index (χ0) is 57.9. The summed E-state index contributed by atoms with van der Waals surface area (Å²) in [6.07, 6.45) is 55.2. The number of unbranched alkanes of at least 4 members (excludes halogenated alkanes) is 28. The van der Waals surface area contributed by atoms with Crippen molar-refractivity contribution >= 4 is 23.8 Å². The summed E-state index contributed by atoms with van der Waals surface area (Å²) in [5.74, 6) is 1.79. The summed E-state index contributed by atoms with van der Waals surface area (Å²) in [6.45, 7) is 17.0. The zero-order valence-corrected chi connectivity index (χ0v) is 54.0. The predicted octanol–water partition coefficient (Wildman–Crippen LogP) is 20.5. The maximum Gasteiger partial charge on any atom is 0.305 e. The van der Waals surface area contributed by atoms with Gasteiger partial charge < -0.3 is 24.4 Å². The third-order valence-electron chi connectivity index (χ3n) is 16.9. The van der Waals surface area contributed by atoms with Gasteiger partial charge in [0, 0.05) is 38.3 Å². The van der Waals surface area contributed by atoms with Crippen LogP contribution in [0.2, 0.25) is 0 Å². The van der Waals surface area contributed by atoms with Crippen molar-refractivity contribution in [3.05, 3.63) is 0 Å². The normalized spacial score (nSPS) is 13.1. The van der Waals surface area contributed by atoms with Gasteiger partial charge >= 0.3 is 17.9 Å². The molecule has 0 aliphatic carbocycles. The highest BCUT2D eigenvalue weighted by Crippen LogP contribution is 2.25. The van der Waals surface area contributed by atoms with E-state index in [1.54, 1.807) is 0 Å². The summed E-state index contributed by atoms with van der Waals surface area (Å²) >= 11 is 0. The minimum Gasteiger partial charge on any atom is -0.465 e. The first-order chi connectivity index (χ1) is 38.7. The number of rotatable bonds is 63. The van der Waals surface area contributed by atoms with Gasteiger partial charge in [-0.15, -0.1) is 0 Å². The molecule has 9 heteroatoms. The van der Waals surface area contributed by atoms with Crippen molar-refractivity contribution in [2.24, 2.45) is 17.8 Å². The van der Waals surface area contributed by atoms with Crippen molar-refractivity contribution < 1.29 is 33.4 Å². The predicted molar refractivity (Wildman–Crippen MR) is 338 cm³/mol.